The van der Waals surface area contributed by atoms with Crippen LogP contribution in [-0.4, -0.2) is 27.9 Å². The lowest BCUT2D eigenvalue weighted by Crippen LogP contribution is -2.23. The van der Waals surface area contributed by atoms with Crippen molar-refractivity contribution in [2.75, 3.05) is 0 Å². The normalized spacial score (nSPS) is 11.8. The van der Waals surface area contributed by atoms with Gasteiger partial charge in [-0.25, -0.2) is 0 Å². The van der Waals surface area contributed by atoms with Crippen LogP contribution >= 0.6 is 0 Å². The predicted octanol–water partition coefficient (Wildman–Crippen LogP) is 3.00. The lowest BCUT2D eigenvalue weighted by molar-refractivity contribution is -0.140. The van der Waals surface area contributed by atoms with Gasteiger partial charge < -0.3 is 10.2 Å². The second kappa shape index (κ2) is 8.89. The Morgan fingerprint density at radius 3 is 2.10 bits per heavy atom. The van der Waals surface area contributed by atoms with E-state index in [1.807, 2.05) is 0 Å². The smallest absolute Gasteiger partial charge is 0.314 e. The van der Waals surface area contributed by atoms with E-state index < -0.39 is 17.9 Å². The molecule has 0 radical (unpaired) electrons. The van der Waals surface area contributed by atoms with Gasteiger partial charge in [0, 0.05) is 12.0 Å². The van der Waals surface area contributed by atoms with Crippen molar-refractivity contribution >= 4 is 17.7 Å². The fourth-order valence-electron chi connectivity index (χ4n) is 2.15. The first-order valence-corrected chi connectivity index (χ1v) is 7.06. The minimum absolute atomic E-state index is 0.130. The molecule has 1 unspecified atom stereocenters. The molecule has 0 aliphatic rings. The highest BCUT2D eigenvalue weighted by molar-refractivity contribution is 6.08. The van der Waals surface area contributed by atoms with Crippen molar-refractivity contribution in [2.45, 2.75) is 38.5 Å². The summed E-state index contributed by atoms with van der Waals surface area (Å²) in [6.45, 7) is 0. The van der Waals surface area contributed by atoms with Crippen molar-refractivity contribution in [1.82, 2.24) is 0 Å². The molecule has 5 heteroatoms. The molecule has 1 atom stereocenters. The molecule has 0 spiro atoms. The van der Waals surface area contributed by atoms with Crippen LogP contribution in [0.15, 0.2) is 30.3 Å². The third kappa shape index (κ3) is 6.21. The SMILES string of the molecule is O=C(O)CCCCCCC(C(=O)O)C(=O)c1ccccc1. The Kier molecular flexibility index (Phi) is 7.15. The lowest BCUT2D eigenvalue weighted by Gasteiger charge is -2.11. The molecule has 0 aliphatic carbocycles. The summed E-state index contributed by atoms with van der Waals surface area (Å²) >= 11 is 0. The number of ketones is 1. The van der Waals surface area contributed by atoms with E-state index in [1.165, 1.54) is 0 Å². The number of aliphatic carboxylic acids is 2. The largest absolute Gasteiger partial charge is 0.481 e. The summed E-state index contributed by atoms with van der Waals surface area (Å²) in [7, 11) is 0. The molecule has 0 heterocycles. The van der Waals surface area contributed by atoms with Gasteiger partial charge in [-0.15, -0.1) is 0 Å². The van der Waals surface area contributed by atoms with E-state index in [4.69, 9.17) is 5.11 Å². The second-order valence-electron chi connectivity index (χ2n) is 4.97. The van der Waals surface area contributed by atoms with Crippen molar-refractivity contribution in [2.24, 2.45) is 5.92 Å². The van der Waals surface area contributed by atoms with Crippen LogP contribution in [-0.2, 0) is 9.59 Å². The third-order valence-electron chi connectivity index (χ3n) is 3.31. The topological polar surface area (TPSA) is 91.7 Å². The molecule has 1 aromatic carbocycles. The second-order valence-corrected chi connectivity index (χ2v) is 4.97. The van der Waals surface area contributed by atoms with Crippen molar-refractivity contribution in [3.05, 3.63) is 35.9 Å². The zero-order chi connectivity index (χ0) is 15.7. The summed E-state index contributed by atoms with van der Waals surface area (Å²) in [5.74, 6) is -3.31. The van der Waals surface area contributed by atoms with Crippen molar-refractivity contribution < 1.29 is 24.6 Å². The number of carbonyl (C=O) groups excluding carboxylic acids is 1. The number of rotatable bonds is 10. The van der Waals surface area contributed by atoms with Crippen LogP contribution in [0.1, 0.15) is 48.9 Å². The molecule has 1 aromatic rings. The van der Waals surface area contributed by atoms with Gasteiger partial charge in [-0.3, -0.25) is 14.4 Å². The number of benzene rings is 1. The first kappa shape index (κ1) is 16.9. The number of hydrogen-bond acceptors (Lipinski definition) is 3. The Hall–Kier alpha value is -2.17. The van der Waals surface area contributed by atoms with Crippen molar-refractivity contribution in [3.8, 4) is 0 Å². The molecule has 1 rings (SSSR count). The number of carbonyl (C=O) groups is 3. The minimum atomic E-state index is -1.10. The number of hydrogen-bond donors (Lipinski definition) is 2. The zero-order valence-electron chi connectivity index (χ0n) is 11.8. The van der Waals surface area contributed by atoms with Gasteiger partial charge in [-0.1, -0.05) is 49.6 Å². The number of carboxylic acid groups (broad SMARTS) is 2. The van der Waals surface area contributed by atoms with Gasteiger partial charge in [0.05, 0.1) is 0 Å². The molecule has 5 nitrogen and oxygen atoms in total. The van der Waals surface area contributed by atoms with E-state index in [0.717, 1.165) is 12.8 Å². The maximum absolute atomic E-state index is 12.1. The van der Waals surface area contributed by atoms with E-state index in [1.54, 1.807) is 30.3 Å². The Labute approximate surface area is 123 Å². The number of unbranched alkanes of at least 4 members (excludes halogenated alkanes) is 3. The third-order valence-corrected chi connectivity index (χ3v) is 3.31. The molecule has 0 fully saturated rings. The first-order chi connectivity index (χ1) is 10.0. The Bertz CT molecular complexity index is 481. The quantitative estimate of drug-likeness (QED) is 0.393. The van der Waals surface area contributed by atoms with E-state index in [9.17, 15) is 19.5 Å². The average Bonchev–Trinajstić information content (AvgIpc) is 2.46. The molecule has 21 heavy (non-hydrogen) atoms. The van der Waals surface area contributed by atoms with Gasteiger partial charge in [-0.05, 0) is 12.8 Å². The molecule has 0 bridgehead atoms. The Morgan fingerprint density at radius 2 is 1.52 bits per heavy atom. The van der Waals surface area contributed by atoms with Crippen LogP contribution in [0.3, 0.4) is 0 Å². The van der Waals surface area contributed by atoms with Gasteiger partial charge in [0.15, 0.2) is 5.78 Å². The Balaban J connectivity index is 2.42. The van der Waals surface area contributed by atoms with Crippen LogP contribution in [0.5, 0.6) is 0 Å². The van der Waals surface area contributed by atoms with Crippen LogP contribution in [0.4, 0.5) is 0 Å². The maximum atomic E-state index is 12.1. The van der Waals surface area contributed by atoms with Crippen molar-refractivity contribution in [1.29, 1.82) is 0 Å². The number of carboxylic acids is 2. The lowest BCUT2D eigenvalue weighted by atomic mass is 9.92. The van der Waals surface area contributed by atoms with E-state index in [0.29, 0.717) is 18.4 Å². The van der Waals surface area contributed by atoms with E-state index >= 15 is 0 Å². The maximum Gasteiger partial charge on any atom is 0.314 e. The summed E-state index contributed by atoms with van der Waals surface area (Å²) in [6.07, 6.45) is 3.08. The van der Waals surface area contributed by atoms with E-state index in [2.05, 4.69) is 0 Å². The molecule has 0 aromatic heterocycles. The number of Topliss-reactive ketones (excluding diaryl/α,β-unsaturated/α-hetero) is 1. The first-order valence-electron chi connectivity index (χ1n) is 7.06. The summed E-state index contributed by atoms with van der Waals surface area (Å²) < 4.78 is 0. The van der Waals surface area contributed by atoms with Gasteiger partial charge in [0.25, 0.3) is 0 Å². The van der Waals surface area contributed by atoms with E-state index in [-0.39, 0.29) is 18.6 Å². The van der Waals surface area contributed by atoms with Gasteiger partial charge in [0.2, 0.25) is 0 Å². The van der Waals surface area contributed by atoms with Gasteiger partial charge >= 0.3 is 11.9 Å². The highest BCUT2D eigenvalue weighted by Crippen LogP contribution is 2.17. The van der Waals surface area contributed by atoms with Crippen LogP contribution in [0.25, 0.3) is 0 Å². The van der Waals surface area contributed by atoms with Crippen LogP contribution in [0, 0.1) is 5.92 Å². The molecule has 114 valence electrons. The standard InChI is InChI=1S/C16H20O5/c17-14(18)11-7-2-1-6-10-13(16(20)21)15(19)12-8-4-3-5-9-12/h3-5,8-9,13H,1-2,6-7,10-11H2,(H,17,18)(H,20,21). The summed E-state index contributed by atoms with van der Waals surface area (Å²) in [4.78, 5) is 33.7. The molecule has 0 aliphatic heterocycles. The van der Waals surface area contributed by atoms with Crippen LogP contribution < -0.4 is 0 Å². The van der Waals surface area contributed by atoms with Gasteiger partial charge in [0.1, 0.15) is 5.92 Å². The Morgan fingerprint density at radius 1 is 0.905 bits per heavy atom. The van der Waals surface area contributed by atoms with Crippen LogP contribution in [0.2, 0.25) is 0 Å². The minimum Gasteiger partial charge on any atom is -0.481 e. The summed E-state index contributed by atoms with van der Waals surface area (Å²) in [6, 6.07) is 8.42. The highest BCUT2D eigenvalue weighted by Gasteiger charge is 2.26. The molecule has 0 amide bonds. The zero-order valence-corrected chi connectivity index (χ0v) is 11.8. The highest BCUT2D eigenvalue weighted by atomic mass is 16.4. The fraction of sp³-hybridized carbons (Fsp3) is 0.438. The monoisotopic (exact) mass is 292 g/mol. The van der Waals surface area contributed by atoms with Crippen molar-refractivity contribution in [3.63, 3.8) is 0 Å². The molecule has 2 N–H and O–H groups in total. The fourth-order valence-corrected chi connectivity index (χ4v) is 2.15. The summed E-state index contributed by atoms with van der Waals surface area (Å²) in [5, 5.41) is 17.7. The molecular formula is C16H20O5. The predicted molar refractivity (Wildman–Crippen MR) is 77.2 cm³/mol. The molecular weight excluding hydrogens is 272 g/mol. The van der Waals surface area contributed by atoms with Gasteiger partial charge in [-0.2, -0.15) is 0 Å². The molecule has 0 saturated heterocycles. The summed E-state index contributed by atoms with van der Waals surface area (Å²) in [5.41, 5.74) is 0.413. The molecule has 0 saturated carbocycles. The average molecular weight is 292 g/mol.